The van der Waals surface area contributed by atoms with E-state index in [1.165, 1.54) is 12.8 Å². The van der Waals surface area contributed by atoms with Crippen LogP contribution in [0.15, 0.2) is 4.99 Å². The van der Waals surface area contributed by atoms with Crippen LogP contribution in [0.1, 0.15) is 53.9 Å². The lowest BCUT2D eigenvalue weighted by molar-refractivity contribution is -0.122. The van der Waals surface area contributed by atoms with Crippen molar-refractivity contribution in [3.8, 4) is 0 Å². The topological polar surface area (TPSA) is 66.0 Å². The van der Waals surface area contributed by atoms with Crippen LogP contribution in [0, 0.1) is 5.41 Å². The summed E-state index contributed by atoms with van der Waals surface area (Å²) >= 11 is 0. The average molecular weight is 341 g/mol. The van der Waals surface area contributed by atoms with Crippen LogP contribution in [0.3, 0.4) is 0 Å². The number of hydrogen-bond acceptors (Lipinski definition) is 3. The van der Waals surface area contributed by atoms with Gasteiger partial charge in [0.25, 0.3) is 0 Å². The SMILES string of the molecule is CCNC(=NCC1(CCOCC)CC1)N(C)CC(=O)NC(C)(C)C. The summed E-state index contributed by atoms with van der Waals surface area (Å²) in [5, 5.41) is 6.27. The van der Waals surface area contributed by atoms with Gasteiger partial charge in [-0.25, -0.2) is 0 Å². The number of amides is 1. The van der Waals surface area contributed by atoms with Gasteiger partial charge in [0.2, 0.25) is 5.91 Å². The second-order valence-electron chi connectivity index (χ2n) is 7.77. The van der Waals surface area contributed by atoms with Crippen molar-refractivity contribution in [2.45, 2.75) is 59.4 Å². The minimum absolute atomic E-state index is 0.00749. The minimum Gasteiger partial charge on any atom is -0.382 e. The smallest absolute Gasteiger partial charge is 0.240 e. The molecule has 0 spiro atoms. The van der Waals surface area contributed by atoms with Crippen molar-refractivity contribution in [2.75, 3.05) is 39.9 Å². The predicted octanol–water partition coefficient (Wildman–Crippen LogP) is 2.01. The van der Waals surface area contributed by atoms with Crippen molar-refractivity contribution in [3.05, 3.63) is 0 Å². The zero-order valence-corrected chi connectivity index (χ0v) is 16.4. The molecule has 6 nitrogen and oxygen atoms in total. The van der Waals surface area contributed by atoms with Crippen LogP contribution in [0.25, 0.3) is 0 Å². The molecular weight excluding hydrogens is 304 g/mol. The van der Waals surface area contributed by atoms with Crippen LogP contribution in [0.4, 0.5) is 0 Å². The Bertz CT molecular complexity index is 425. The van der Waals surface area contributed by atoms with E-state index in [1.54, 1.807) is 0 Å². The fourth-order valence-electron chi connectivity index (χ4n) is 2.56. The zero-order valence-electron chi connectivity index (χ0n) is 16.4. The Morgan fingerprint density at radius 2 is 1.96 bits per heavy atom. The first-order chi connectivity index (χ1) is 11.2. The van der Waals surface area contributed by atoms with Gasteiger partial charge in [-0.15, -0.1) is 0 Å². The Morgan fingerprint density at radius 1 is 1.29 bits per heavy atom. The standard InChI is InChI=1S/C18H36N4O2/c1-7-19-16(22(6)13-15(23)21-17(3,4)5)20-14-18(9-10-18)11-12-24-8-2/h7-14H2,1-6H3,(H,19,20)(H,21,23). The molecule has 1 saturated carbocycles. The molecular formula is C18H36N4O2. The maximum absolute atomic E-state index is 12.1. The Balaban J connectivity index is 2.56. The number of aliphatic imine (C=N–C) groups is 1. The van der Waals surface area contributed by atoms with Gasteiger partial charge in [0, 0.05) is 38.9 Å². The molecule has 0 unspecified atom stereocenters. The number of guanidine groups is 1. The number of nitrogens with one attached hydrogen (secondary N) is 2. The molecule has 0 aromatic carbocycles. The van der Waals surface area contributed by atoms with Crippen LogP contribution < -0.4 is 10.6 Å². The normalized spacial score (nSPS) is 16.7. The van der Waals surface area contributed by atoms with Gasteiger partial charge in [-0.2, -0.15) is 0 Å². The molecule has 0 aromatic rings. The van der Waals surface area contributed by atoms with Gasteiger partial charge >= 0.3 is 0 Å². The first kappa shape index (κ1) is 20.7. The number of carbonyl (C=O) groups excluding carboxylic acids is 1. The molecule has 1 aliphatic carbocycles. The Morgan fingerprint density at radius 3 is 2.46 bits per heavy atom. The third-order valence-corrected chi connectivity index (χ3v) is 4.09. The highest BCUT2D eigenvalue weighted by Crippen LogP contribution is 2.49. The maximum atomic E-state index is 12.1. The fourth-order valence-corrected chi connectivity index (χ4v) is 2.56. The summed E-state index contributed by atoms with van der Waals surface area (Å²) in [6.45, 7) is 13.5. The molecule has 1 aliphatic rings. The second kappa shape index (κ2) is 9.25. The lowest BCUT2D eigenvalue weighted by atomic mass is 10.0. The van der Waals surface area contributed by atoms with Crippen LogP contribution in [-0.4, -0.2) is 62.2 Å². The predicted molar refractivity (Wildman–Crippen MR) is 99.3 cm³/mol. The summed E-state index contributed by atoms with van der Waals surface area (Å²) in [6.07, 6.45) is 3.51. The third-order valence-electron chi connectivity index (χ3n) is 4.09. The van der Waals surface area contributed by atoms with Crippen LogP contribution in [0.2, 0.25) is 0 Å². The summed E-state index contributed by atoms with van der Waals surface area (Å²) in [5.41, 5.74) is 0.0924. The lowest BCUT2D eigenvalue weighted by Crippen LogP contribution is -2.48. The summed E-state index contributed by atoms with van der Waals surface area (Å²) in [7, 11) is 1.91. The van der Waals surface area contributed by atoms with E-state index < -0.39 is 0 Å². The van der Waals surface area contributed by atoms with Gasteiger partial charge in [0.15, 0.2) is 5.96 Å². The minimum atomic E-state index is -0.217. The van der Waals surface area contributed by atoms with Crippen molar-refractivity contribution < 1.29 is 9.53 Å². The second-order valence-corrected chi connectivity index (χ2v) is 7.77. The largest absolute Gasteiger partial charge is 0.382 e. The highest BCUT2D eigenvalue weighted by molar-refractivity contribution is 5.86. The third kappa shape index (κ3) is 7.99. The summed E-state index contributed by atoms with van der Waals surface area (Å²) in [5.74, 6) is 0.803. The van der Waals surface area contributed by atoms with Gasteiger partial charge in [0.05, 0.1) is 6.54 Å². The number of ether oxygens (including phenoxy) is 1. The Labute approximate surface area is 147 Å². The molecule has 0 bridgehead atoms. The van der Waals surface area contributed by atoms with Crippen molar-refractivity contribution in [1.82, 2.24) is 15.5 Å². The van der Waals surface area contributed by atoms with Gasteiger partial charge in [-0.05, 0) is 59.3 Å². The van der Waals surface area contributed by atoms with E-state index in [9.17, 15) is 4.79 Å². The van der Waals surface area contributed by atoms with Crippen molar-refractivity contribution >= 4 is 11.9 Å². The number of hydrogen-bond donors (Lipinski definition) is 2. The van der Waals surface area contributed by atoms with E-state index in [2.05, 4.69) is 10.6 Å². The maximum Gasteiger partial charge on any atom is 0.240 e. The van der Waals surface area contributed by atoms with Gasteiger partial charge in [-0.3, -0.25) is 9.79 Å². The first-order valence-electron chi connectivity index (χ1n) is 9.09. The van der Waals surface area contributed by atoms with E-state index >= 15 is 0 Å². The van der Waals surface area contributed by atoms with Crippen LogP contribution in [0.5, 0.6) is 0 Å². The molecule has 0 radical (unpaired) electrons. The molecule has 2 N–H and O–H groups in total. The van der Waals surface area contributed by atoms with E-state index in [-0.39, 0.29) is 11.4 Å². The summed E-state index contributed by atoms with van der Waals surface area (Å²) in [6, 6.07) is 0. The highest BCUT2D eigenvalue weighted by atomic mass is 16.5. The van der Waals surface area contributed by atoms with Crippen LogP contribution in [-0.2, 0) is 9.53 Å². The number of nitrogens with zero attached hydrogens (tertiary/aromatic N) is 2. The molecule has 0 aliphatic heterocycles. The molecule has 1 rings (SSSR count). The quantitative estimate of drug-likeness (QED) is 0.383. The molecule has 0 aromatic heterocycles. The molecule has 6 heteroatoms. The van der Waals surface area contributed by atoms with Crippen LogP contribution >= 0.6 is 0 Å². The Kier molecular flexibility index (Phi) is 8.00. The molecule has 140 valence electrons. The van der Waals surface area contributed by atoms with E-state index in [0.717, 1.165) is 38.7 Å². The van der Waals surface area contributed by atoms with Crippen molar-refractivity contribution in [3.63, 3.8) is 0 Å². The highest BCUT2D eigenvalue weighted by Gasteiger charge is 2.42. The molecule has 1 amide bonds. The van der Waals surface area contributed by atoms with E-state index in [4.69, 9.17) is 9.73 Å². The molecule has 0 saturated heterocycles. The Hall–Kier alpha value is -1.30. The van der Waals surface area contributed by atoms with Gasteiger partial charge in [-0.1, -0.05) is 0 Å². The molecule has 24 heavy (non-hydrogen) atoms. The fraction of sp³-hybridized carbons (Fsp3) is 0.889. The molecule has 1 fully saturated rings. The van der Waals surface area contributed by atoms with E-state index in [0.29, 0.717) is 12.0 Å². The zero-order chi connectivity index (χ0) is 18.2. The van der Waals surface area contributed by atoms with Crippen molar-refractivity contribution in [2.24, 2.45) is 10.4 Å². The van der Waals surface area contributed by atoms with E-state index in [1.807, 2.05) is 46.6 Å². The number of rotatable bonds is 9. The molecule has 0 heterocycles. The van der Waals surface area contributed by atoms with Gasteiger partial charge in [0.1, 0.15) is 0 Å². The summed E-state index contributed by atoms with van der Waals surface area (Å²) in [4.78, 5) is 18.8. The number of carbonyl (C=O) groups is 1. The lowest BCUT2D eigenvalue weighted by Gasteiger charge is -2.26. The number of likely N-dealkylation sites (N-methyl/N-ethyl adjacent to an activating group) is 1. The first-order valence-corrected chi connectivity index (χ1v) is 9.09. The monoisotopic (exact) mass is 340 g/mol. The molecule has 0 atom stereocenters. The van der Waals surface area contributed by atoms with Gasteiger partial charge < -0.3 is 20.3 Å². The van der Waals surface area contributed by atoms with Crippen molar-refractivity contribution in [1.29, 1.82) is 0 Å². The summed E-state index contributed by atoms with van der Waals surface area (Å²) < 4.78 is 5.48. The average Bonchev–Trinajstić information content (AvgIpc) is 3.22.